The maximum atomic E-state index is 13.8. The number of benzene rings is 1. The predicted molar refractivity (Wildman–Crippen MR) is 154 cm³/mol. The number of urea groups is 1. The Morgan fingerprint density at radius 3 is 2.60 bits per heavy atom. The first-order valence-electron chi connectivity index (χ1n) is 12.5. The molecule has 3 aromatic rings. The van der Waals surface area contributed by atoms with Crippen LogP contribution in [0.25, 0.3) is 0 Å². The standard InChI is InChI=1S/C26H24N6O7S3/c1-13-29-30-26(42-13)41-12-16-11-40-23-17(22(35)31(23)19(16)24(36)37)28-20(33)18(14-6-4-3-5-7-14)32(25(38)27-2)21(34)15-8-9-39-10-15/h3-10,17-18,23H,11-12H2,1-2H3,(H,27,38)(H,28,33)(H,36,37)/t17?,18?,23-/m0/s1. The molecule has 1 fully saturated rings. The molecule has 2 aliphatic rings. The van der Waals surface area contributed by atoms with Crippen molar-refractivity contribution in [3.8, 4) is 0 Å². The number of thioether (sulfide) groups is 2. The number of furan rings is 1. The Labute approximate surface area is 251 Å². The molecule has 4 heterocycles. The van der Waals surface area contributed by atoms with E-state index in [1.807, 2.05) is 6.92 Å². The van der Waals surface area contributed by atoms with Gasteiger partial charge < -0.3 is 20.2 Å². The minimum absolute atomic E-state index is 0.0476. The van der Waals surface area contributed by atoms with Crippen LogP contribution in [0.15, 0.2) is 69.0 Å². The zero-order valence-electron chi connectivity index (χ0n) is 22.2. The van der Waals surface area contributed by atoms with Crippen LogP contribution in [-0.4, -0.2) is 84.8 Å². The summed E-state index contributed by atoms with van der Waals surface area (Å²) in [4.78, 5) is 67.6. The molecule has 0 saturated carbocycles. The summed E-state index contributed by atoms with van der Waals surface area (Å²) in [6.07, 6.45) is 2.43. The number of carboxylic acids is 1. The number of nitrogens with one attached hydrogen (secondary N) is 2. The van der Waals surface area contributed by atoms with Gasteiger partial charge >= 0.3 is 12.0 Å². The number of amides is 5. The highest BCUT2D eigenvalue weighted by Crippen LogP contribution is 2.42. The molecule has 1 saturated heterocycles. The van der Waals surface area contributed by atoms with Crippen molar-refractivity contribution in [1.29, 1.82) is 0 Å². The first kappa shape index (κ1) is 29.3. The molecule has 2 aromatic heterocycles. The first-order valence-corrected chi connectivity index (χ1v) is 15.3. The third-order valence-corrected chi connectivity index (χ3v) is 9.86. The Morgan fingerprint density at radius 1 is 1.21 bits per heavy atom. The molecular formula is C26H24N6O7S3. The maximum absolute atomic E-state index is 13.8. The highest BCUT2D eigenvalue weighted by Gasteiger charge is 2.55. The van der Waals surface area contributed by atoms with Gasteiger partial charge in [0.15, 0.2) is 4.34 Å². The van der Waals surface area contributed by atoms with E-state index in [2.05, 4.69) is 20.8 Å². The Bertz CT molecular complexity index is 1560. The smallest absolute Gasteiger partial charge is 0.352 e. The van der Waals surface area contributed by atoms with Crippen molar-refractivity contribution >= 4 is 64.6 Å². The van der Waals surface area contributed by atoms with Gasteiger partial charge in [-0.2, -0.15) is 0 Å². The number of nitrogens with zero attached hydrogens (tertiary/aromatic N) is 4. The fourth-order valence-corrected chi connectivity index (χ4v) is 7.84. The third kappa shape index (κ3) is 5.64. The molecule has 218 valence electrons. The van der Waals surface area contributed by atoms with Crippen LogP contribution in [0.2, 0.25) is 0 Å². The number of aryl methyl sites for hydroxylation is 1. The minimum Gasteiger partial charge on any atom is -0.477 e. The van der Waals surface area contributed by atoms with Gasteiger partial charge in [-0.1, -0.05) is 53.4 Å². The Hall–Kier alpha value is -4.15. The summed E-state index contributed by atoms with van der Waals surface area (Å²) in [5.74, 6) is -2.80. The fourth-order valence-electron chi connectivity index (χ4n) is 4.54. The number of hydrogen-bond acceptors (Lipinski definition) is 11. The van der Waals surface area contributed by atoms with E-state index in [4.69, 9.17) is 4.42 Å². The van der Waals surface area contributed by atoms with Gasteiger partial charge in [-0.25, -0.2) is 14.5 Å². The lowest BCUT2D eigenvalue weighted by molar-refractivity contribution is -0.151. The summed E-state index contributed by atoms with van der Waals surface area (Å²) in [5.41, 5.74) is 0.808. The van der Waals surface area contributed by atoms with E-state index < -0.39 is 47.2 Å². The number of carboxylic acid groups (broad SMARTS) is 1. The Morgan fingerprint density at radius 2 is 1.98 bits per heavy atom. The number of hydrogen-bond donors (Lipinski definition) is 3. The number of carbonyl (C=O) groups excluding carboxylic acids is 4. The van der Waals surface area contributed by atoms with Crippen LogP contribution in [0, 0.1) is 6.92 Å². The molecule has 0 radical (unpaired) electrons. The number of aliphatic carboxylic acids is 1. The van der Waals surface area contributed by atoms with Crippen molar-refractivity contribution in [1.82, 2.24) is 30.6 Å². The largest absolute Gasteiger partial charge is 0.477 e. The second kappa shape index (κ2) is 12.4. The van der Waals surface area contributed by atoms with E-state index in [1.165, 1.54) is 59.1 Å². The molecule has 5 amide bonds. The van der Waals surface area contributed by atoms with Crippen molar-refractivity contribution in [2.75, 3.05) is 18.6 Å². The molecular weight excluding hydrogens is 605 g/mol. The van der Waals surface area contributed by atoms with Crippen molar-refractivity contribution in [3.05, 3.63) is 76.3 Å². The molecule has 5 rings (SSSR count). The number of fused-ring (bicyclic) bond motifs is 1. The average Bonchev–Trinajstić information content (AvgIpc) is 3.68. The van der Waals surface area contributed by atoms with Gasteiger partial charge in [0, 0.05) is 18.6 Å². The van der Waals surface area contributed by atoms with Crippen molar-refractivity contribution in [2.24, 2.45) is 0 Å². The normalized spacial score (nSPS) is 18.5. The van der Waals surface area contributed by atoms with Crippen LogP contribution < -0.4 is 10.6 Å². The van der Waals surface area contributed by atoms with Gasteiger partial charge in [0.25, 0.3) is 11.8 Å². The van der Waals surface area contributed by atoms with Crippen LogP contribution in [0.1, 0.15) is 27.0 Å². The fraction of sp³-hybridized carbons (Fsp3) is 0.269. The zero-order valence-corrected chi connectivity index (χ0v) is 24.6. The summed E-state index contributed by atoms with van der Waals surface area (Å²) in [7, 11) is 1.33. The monoisotopic (exact) mass is 628 g/mol. The topological polar surface area (TPSA) is 175 Å². The molecule has 0 spiro atoms. The van der Waals surface area contributed by atoms with E-state index in [1.54, 1.807) is 30.3 Å². The lowest BCUT2D eigenvalue weighted by Crippen LogP contribution is -2.71. The van der Waals surface area contributed by atoms with Crippen molar-refractivity contribution < 1.29 is 33.5 Å². The summed E-state index contributed by atoms with van der Waals surface area (Å²) in [6.45, 7) is 1.82. The van der Waals surface area contributed by atoms with E-state index in [-0.39, 0.29) is 11.3 Å². The first-order chi connectivity index (χ1) is 20.2. The van der Waals surface area contributed by atoms with E-state index in [9.17, 15) is 29.1 Å². The number of aromatic nitrogens is 2. The van der Waals surface area contributed by atoms with E-state index >= 15 is 0 Å². The summed E-state index contributed by atoms with van der Waals surface area (Å²) in [5, 5.41) is 23.2. The summed E-state index contributed by atoms with van der Waals surface area (Å²) >= 11 is 4.05. The molecule has 2 unspecified atom stereocenters. The molecule has 3 N–H and O–H groups in total. The maximum Gasteiger partial charge on any atom is 0.352 e. The molecule has 0 bridgehead atoms. The second-order valence-electron chi connectivity index (χ2n) is 9.08. The SMILES string of the molecule is CNC(=O)N(C(=O)c1ccoc1)C(C(=O)NC1C(=O)N2C(C(=O)O)=C(CSc3nnc(C)s3)CS[C@@H]12)c1ccccc1. The second-order valence-corrected chi connectivity index (χ2v) is 12.6. The highest BCUT2D eigenvalue weighted by atomic mass is 32.2. The van der Waals surface area contributed by atoms with Gasteiger partial charge in [-0.3, -0.25) is 19.3 Å². The molecule has 13 nitrogen and oxygen atoms in total. The van der Waals surface area contributed by atoms with Crippen LogP contribution in [-0.2, 0) is 14.4 Å². The van der Waals surface area contributed by atoms with Crippen LogP contribution in [0.4, 0.5) is 4.79 Å². The highest BCUT2D eigenvalue weighted by molar-refractivity contribution is 8.01. The minimum atomic E-state index is -1.44. The van der Waals surface area contributed by atoms with Gasteiger partial charge in [0.05, 0.1) is 11.8 Å². The van der Waals surface area contributed by atoms with E-state index in [0.717, 1.165) is 16.2 Å². The average molecular weight is 629 g/mol. The van der Waals surface area contributed by atoms with Gasteiger partial charge in [-0.05, 0) is 24.1 Å². The van der Waals surface area contributed by atoms with Gasteiger partial charge in [-0.15, -0.1) is 22.0 Å². The third-order valence-electron chi connectivity index (χ3n) is 6.47. The van der Waals surface area contributed by atoms with Crippen molar-refractivity contribution in [3.63, 3.8) is 0 Å². The molecule has 0 aliphatic carbocycles. The van der Waals surface area contributed by atoms with Gasteiger partial charge in [0.1, 0.15) is 34.4 Å². The quantitative estimate of drug-likeness (QED) is 0.235. The zero-order chi connectivity index (χ0) is 30.0. The van der Waals surface area contributed by atoms with Crippen LogP contribution in [0.3, 0.4) is 0 Å². The number of carbonyl (C=O) groups is 5. The molecule has 2 aliphatic heterocycles. The summed E-state index contributed by atoms with van der Waals surface area (Å²) in [6, 6.07) is 6.20. The Kier molecular flexibility index (Phi) is 8.65. The molecule has 3 atom stereocenters. The molecule has 16 heteroatoms. The van der Waals surface area contributed by atoms with Crippen LogP contribution >= 0.6 is 34.9 Å². The lowest BCUT2D eigenvalue weighted by Gasteiger charge is -2.49. The number of imide groups is 1. The number of β-lactam (4-membered cyclic amide) rings is 1. The number of rotatable bonds is 9. The lowest BCUT2D eigenvalue weighted by atomic mass is 10.00. The van der Waals surface area contributed by atoms with Crippen LogP contribution in [0.5, 0.6) is 0 Å². The summed E-state index contributed by atoms with van der Waals surface area (Å²) < 4.78 is 5.69. The molecule has 1 aromatic carbocycles. The van der Waals surface area contributed by atoms with Gasteiger partial charge in [0.2, 0.25) is 5.91 Å². The van der Waals surface area contributed by atoms with Crippen molar-refractivity contribution in [2.45, 2.75) is 28.7 Å². The Balaban J connectivity index is 1.39. The molecule has 42 heavy (non-hydrogen) atoms. The predicted octanol–water partition coefficient (Wildman–Crippen LogP) is 2.49. The van der Waals surface area contributed by atoms with E-state index in [0.29, 0.717) is 27.0 Å².